The minimum atomic E-state index is -0.486. The molecular formula is C20H39IN6O2. The Bertz CT molecular complexity index is 681. The molecule has 0 aliphatic heterocycles. The van der Waals surface area contributed by atoms with Gasteiger partial charge >= 0.3 is 6.09 Å². The van der Waals surface area contributed by atoms with E-state index in [1.165, 1.54) is 0 Å². The number of rotatable bonds is 7. The van der Waals surface area contributed by atoms with Gasteiger partial charge in [-0.25, -0.2) is 9.79 Å². The van der Waals surface area contributed by atoms with Crippen LogP contribution in [0.2, 0.25) is 0 Å². The van der Waals surface area contributed by atoms with Crippen molar-refractivity contribution >= 4 is 36.0 Å². The van der Waals surface area contributed by atoms with Crippen molar-refractivity contribution in [2.45, 2.75) is 60.6 Å². The van der Waals surface area contributed by atoms with Crippen LogP contribution in [0.25, 0.3) is 0 Å². The van der Waals surface area contributed by atoms with Crippen LogP contribution in [0.5, 0.6) is 0 Å². The zero-order valence-corrected chi connectivity index (χ0v) is 21.7. The molecule has 0 bridgehead atoms. The first-order chi connectivity index (χ1) is 12.9. The smallest absolute Gasteiger partial charge is 0.410 e. The van der Waals surface area contributed by atoms with E-state index < -0.39 is 5.60 Å². The lowest BCUT2D eigenvalue weighted by Crippen LogP contribution is -2.42. The summed E-state index contributed by atoms with van der Waals surface area (Å²) in [6, 6.07) is 0. The zero-order chi connectivity index (χ0) is 21.5. The minimum Gasteiger partial charge on any atom is -0.444 e. The van der Waals surface area contributed by atoms with Crippen LogP contribution < -0.4 is 10.6 Å². The summed E-state index contributed by atoms with van der Waals surface area (Å²) in [5.41, 5.74) is 2.80. The van der Waals surface area contributed by atoms with Crippen molar-refractivity contribution < 1.29 is 9.53 Å². The fourth-order valence-electron chi connectivity index (χ4n) is 2.76. The van der Waals surface area contributed by atoms with Crippen LogP contribution in [0.3, 0.4) is 0 Å². The molecule has 1 aromatic heterocycles. The summed E-state index contributed by atoms with van der Waals surface area (Å²) >= 11 is 0. The molecule has 1 rings (SSSR count). The Morgan fingerprint density at radius 1 is 1.31 bits per heavy atom. The second-order valence-electron chi connectivity index (χ2n) is 8.32. The maximum atomic E-state index is 12.1. The molecule has 1 atom stereocenters. The Kier molecular flexibility index (Phi) is 11.6. The van der Waals surface area contributed by atoms with Gasteiger partial charge in [0.2, 0.25) is 0 Å². The second kappa shape index (κ2) is 12.2. The zero-order valence-electron chi connectivity index (χ0n) is 19.4. The van der Waals surface area contributed by atoms with Gasteiger partial charge in [-0.05, 0) is 47.5 Å². The SMILES string of the molecule is CCNC(=NCc1c(C)nn(C)c1C)NCC(C)CN(C)C(=O)OC(C)(C)C.I. The summed E-state index contributed by atoms with van der Waals surface area (Å²) in [5.74, 6) is 1.00. The van der Waals surface area contributed by atoms with Gasteiger partial charge in [-0.15, -0.1) is 24.0 Å². The highest BCUT2D eigenvalue weighted by Crippen LogP contribution is 2.13. The number of hydrogen-bond acceptors (Lipinski definition) is 4. The lowest BCUT2D eigenvalue weighted by molar-refractivity contribution is 0.0278. The summed E-state index contributed by atoms with van der Waals surface area (Å²) in [4.78, 5) is 18.4. The first-order valence-corrected chi connectivity index (χ1v) is 9.90. The van der Waals surface area contributed by atoms with E-state index in [-0.39, 0.29) is 36.0 Å². The topological polar surface area (TPSA) is 83.8 Å². The molecule has 1 heterocycles. The third-order valence-electron chi connectivity index (χ3n) is 4.31. The van der Waals surface area contributed by atoms with Crippen molar-refractivity contribution in [3.8, 4) is 0 Å². The lowest BCUT2D eigenvalue weighted by Gasteiger charge is -2.26. The van der Waals surface area contributed by atoms with E-state index in [4.69, 9.17) is 4.74 Å². The Balaban J connectivity index is 0.00000784. The molecule has 168 valence electrons. The molecule has 1 unspecified atom stereocenters. The predicted molar refractivity (Wildman–Crippen MR) is 129 cm³/mol. The first-order valence-electron chi connectivity index (χ1n) is 9.90. The van der Waals surface area contributed by atoms with Gasteiger partial charge in [0.1, 0.15) is 5.60 Å². The van der Waals surface area contributed by atoms with Crippen LogP contribution in [0, 0.1) is 19.8 Å². The highest BCUT2D eigenvalue weighted by molar-refractivity contribution is 14.0. The quantitative estimate of drug-likeness (QED) is 0.327. The number of ether oxygens (including phenoxy) is 1. The number of nitrogens with one attached hydrogen (secondary N) is 2. The van der Waals surface area contributed by atoms with E-state index >= 15 is 0 Å². The van der Waals surface area contributed by atoms with Gasteiger partial charge in [0.25, 0.3) is 0 Å². The molecule has 2 N–H and O–H groups in total. The number of aromatic nitrogens is 2. The fourth-order valence-corrected chi connectivity index (χ4v) is 2.76. The third-order valence-corrected chi connectivity index (χ3v) is 4.31. The summed E-state index contributed by atoms with van der Waals surface area (Å²) in [7, 11) is 3.71. The van der Waals surface area contributed by atoms with Crippen molar-refractivity contribution in [2.24, 2.45) is 18.0 Å². The van der Waals surface area contributed by atoms with Crippen molar-refractivity contribution in [3.63, 3.8) is 0 Å². The highest BCUT2D eigenvalue weighted by Gasteiger charge is 2.20. The van der Waals surface area contributed by atoms with Gasteiger partial charge < -0.3 is 20.3 Å². The van der Waals surface area contributed by atoms with Crippen molar-refractivity contribution in [2.75, 3.05) is 26.7 Å². The van der Waals surface area contributed by atoms with Crippen LogP contribution in [0.4, 0.5) is 4.79 Å². The molecule has 0 aromatic carbocycles. The van der Waals surface area contributed by atoms with E-state index in [2.05, 4.69) is 34.6 Å². The molecule has 1 amide bonds. The number of hydrogen-bond donors (Lipinski definition) is 2. The van der Waals surface area contributed by atoms with Crippen LogP contribution in [-0.2, 0) is 18.3 Å². The molecule has 0 saturated heterocycles. The molecule has 0 aliphatic rings. The molecule has 29 heavy (non-hydrogen) atoms. The molecule has 8 nitrogen and oxygen atoms in total. The maximum absolute atomic E-state index is 12.1. The summed E-state index contributed by atoms with van der Waals surface area (Å²) in [5, 5.41) is 11.1. The average molecular weight is 522 g/mol. The molecular weight excluding hydrogens is 483 g/mol. The number of carbonyl (C=O) groups excluding carboxylic acids is 1. The molecule has 0 saturated carbocycles. The summed E-state index contributed by atoms with van der Waals surface area (Å²) < 4.78 is 7.28. The van der Waals surface area contributed by atoms with Crippen molar-refractivity contribution in [1.82, 2.24) is 25.3 Å². The van der Waals surface area contributed by atoms with E-state index in [9.17, 15) is 4.79 Å². The fraction of sp³-hybridized carbons (Fsp3) is 0.750. The van der Waals surface area contributed by atoms with Gasteiger partial charge in [0.15, 0.2) is 5.96 Å². The number of carbonyl (C=O) groups is 1. The molecule has 1 aromatic rings. The number of guanidine groups is 1. The number of nitrogens with zero attached hydrogens (tertiary/aromatic N) is 4. The van der Waals surface area contributed by atoms with Crippen LogP contribution >= 0.6 is 24.0 Å². The first kappa shape index (κ1) is 27.5. The Morgan fingerprint density at radius 2 is 1.93 bits per heavy atom. The number of amides is 1. The van der Waals surface area contributed by atoms with E-state index in [1.54, 1.807) is 11.9 Å². The Labute approximate surface area is 192 Å². The van der Waals surface area contributed by atoms with Gasteiger partial charge in [0, 0.05) is 45.0 Å². The van der Waals surface area contributed by atoms with Gasteiger partial charge in [-0.2, -0.15) is 5.10 Å². The molecule has 0 spiro atoms. The Hall–Kier alpha value is -1.52. The monoisotopic (exact) mass is 522 g/mol. The highest BCUT2D eigenvalue weighted by atomic mass is 127. The molecule has 0 fully saturated rings. The van der Waals surface area contributed by atoms with Gasteiger partial charge in [-0.3, -0.25) is 4.68 Å². The molecule has 0 aliphatic carbocycles. The van der Waals surface area contributed by atoms with Crippen molar-refractivity contribution in [3.05, 3.63) is 17.0 Å². The largest absolute Gasteiger partial charge is 0.444 e. The standard InChI is InChI=1S/C20H38N6O2.HI/c1-10-21-18(23-12-17-15(3)24-26(9)16(17)4)22-11-14(2)13-25(8)19(27)28-20(5,6)7;/h14H,10-13H2,1-9H3,(H2,21,22,23);1H. The van der Waals surface area contributed by atoms with Gasteiger partial charge in [0.05, 0.1) is 12.2 Å². The second-order valence-corrected chi connectivity index (χ2v) is 8.32. The normalized spacial score (nSPS) is 12.8. The number of aryl methyl sites for hydroxylation is 2. The number of aliphatic imine (C=N–C) groups is 1. The molecule has 9 heteroatoms. The minimum absolute atomic E-state index is 0. The lowest BCUT2D eigenvalue weighted by atomic mass is 10.1. The summed E-state index contributed by atoms with van der Waals surface area (Å²) in [6.07, 6.45) is -0.303. The summed E-state index contributed by atoms with van der Waals surface area (Å²) in [6.45, 7) is 16.5. The van der Waals surface area contributed by atoms with E-state index in [0.29, 0.717) is 19.6 Å². The Morgan fingerprint density at radius 3 is 2.41 bits per heavy atom. The average Bonchev–Trinajstić information content (AvgIpc) is 2.81. The van der Waals surface area contributed by atoms with E-state index in [1.807, 2.05) is 46.3 Å². The predicted octanol–water partition coefficient (Wildman–Crippen LogP) is 3.21. The van der Waals surface area contributed by atoms with Crippen molar-refractivity contribution in [1.29, 1.82) is 0 Å². The van der Waals surface area contributed by atoms with E-state index in [0.717, 1.165) is 29.5 Å². The van der Waals surface area contributed by atoms with Crippen LogP contribution in [0.1, 0.15) is 51.6 Å². The van der Waals surface area contributed by atoms with Crippen LogP contribution in [-0.4, -0.2) is 59.0 Å². The van der Waals surface area contributed by atoms with Gasteiger partial charge in [-0.1, -0.05) is 6.92 Å². The number of halogens is 1. The third kappa shape index (κ3) is 9.68. The van der Waals surface area contributed by atoms with Crippen LogP contribution in [0.15, 0.2) is 4.99 Å². The molecule has 0 radical (unpaired) electrons. The maximum Gasteiger partial charge on any atom is 0.410 e.